The Morgan fingerprint density at radius 2 is 2.12 bits per heavy atom. The molecule has 5 heteroatoms. The molecule has 0 bridgehead atoms. The monoisotopic (exact) mass is 232 g/mol. The Morgan fingerprint density at radius 3 is 2.65 bits per heavy atom. The van der Waals surface area contributed by atoms with Gasteiger partial charge in [0.25, 0.3) is 0 Å². The molecule has 1 aliphatic heterocycles. The molecular formula is C12H16N4O. The first kappa shape index (κ1) is 10.5. The quantitative estimate of drug-likeness (QED) is 0.826. The van der Waals surface area contributed by atoms with Crippen molar-refractivity contribution in [2.45, 2.75) is 18.8 Å². The minimum Gasteiger partial charge on any atom is -0.359 e. The van der Waals surface area contributed by atoms with E-state index in [1.54, 1.807) is 7.05 Å². The second-order valence-corrected chi connectivity index (χ2v) is 4.81. The summed E-state index contributed by atoms with van der Waals surface area (Å²) in [7, 11) is 1.68. The lowest BCUT2D eigenvalue weighted by Gasteiger charge is -2.38. The molecule has 3 rings (SSSR count). The molecule has 1 aliphatic carbocycles. The van der Waals surface area contributed by atoms with Gasteiger partial charge in [0.05, 0.1) is 11.6 Å². The third kappa shape index (κ3) is 1.97. The highest BCUT2D eigenvalue weighted by molar-refractivity contribution is 5.81. The highest BCUT2D eigenvalue weighted by Gasteiger charge is 2.33. The van der Waals surface area contributed by atoms with Gasteiger partial charge < -0.3 is 10.2 Å². The van der Waals surface area contributed by atoms with Crippen LogP contribution in [0.15, 0.2) is 12.1 Å². The Kier molecular flexibility index (Phi) is 2.46. The van der Waals surface area contributed by atoms with E-state index in [1.165, 1.54) is 12.8 Å². The molecule has 90 valence electrons. The van der Waals surface area contributed by atoms with Gasteiger partial charge in [-0.3, -0.25) is 4.79 Å². The van der Waals surface area contributed by atoms with Crippen LogP contribution in [-0.2, 0) is 4.79 Å². The van der Waals surface area contributed by atoms with Gasteiger partial charge >= 0.3 is 0 Å². The largest absolute Gasteiger partial charge is 0.359 e. The van der Waals surface area contributed by atoms with Gasteiger partial charge in [0, 0.05) is 26.1 Å². The zero-order chi connectivity index (χ0) is 11.8. The molecule has 1 N–H and O–H groups in total. The summed E-state index contributed by atoms with van der Waals surface area (Å²) < 4.78 is 0. The van der Waals surface area contributed by atoms with Crippen LogP contribution in [0.25, 0.3) is 0 Å². The van der Waals surface area contributed by atoms with Crippen molar-refractivity contribution in [1.82, 2.24) is 15.5 Å². The molecular weight excluding hydrogens is 216 g/mol. The second-order valence-electron chi connectivity index (χ2n) is 4.81. The number of hydrogen-bond acceptors (Lipinski definition) is 4. The summed E-state index contributed by atoms with van der Waals surface area (Å²) in [4.78, 5) is 13.4. The van der Waals surface area contributed by atoms with Crippen LogP contribution in [0.5, 0.6) is 0 Å². The number of hydrogen-bond donors (Lipinski definition) is 1. The van der Waals surface area contributed by atoms with Crippen molar-refractivity contribution >= 4 is 11.7 Å². The lowest BCUT2D eigenvalue weighted by molar-refractivity contribution is -0.125. The molecule has 2 aliphatic rings. The predicted octanol–water partition coefficient (Wildman–Crippen LogP) is 0.536. The molecule has 17 heavy (non-hydrogen) atoms. The van der Waals surface area contributed by atoms with Gasteiger partial charge in [-0.25, -0.2) is 0 Å². The third-order valence-corrected chi connectivity index (χ3v) is 3.49. The molecule has 0 unspecified atom stereocenters. The summed E-state index contributed by atoms with van der Waals surface area (Å²) >= 11 is 0. The first-order valence-corrected chi connectivity index (χ1v) is 6.08. The van der Waals surface area contributed by atoms with E-state index in [0.717, 1.165) is 24.6 Å². The summed E-state index contributed by atoms with van der Waals surface area (Å²) in [6.07, 6.45) is 2.49. The second kappa shape index (κ2) is 3.98. The summed E-state index contributed by atoms with van der Waals surface area (Å²) in [6, 6.07) is 4.08. The van der Waals surface area contributed by atoms with Crippen molar-refractivity contribution in [1.29, 1.82) is 0 Å². The Labute approximate surface area is 100 Å². The number of anilines is 1. The van der Waals surface area contributed by atoms with Crippen molar-refractivity contribution in [3.8, 4) is 0 Å². The fraction of sp³-hybridized carbons (Fsp3) is 0.583. The number of rotatable bonds is 3. The van der Waals surface area contributed by atoms with E-state index in [0.29, 0.717) is 5.92 Å². The Morgan fingerprint density at radius 1 is 1.35 bits per heavy atom. The van der Waals surface area contributed by atoms with Crippen LogP contribution in [-0.4, -0.2) is 36.2 Å². The lowest BCUT2D eigenvalue weighted by atomic mass is 9.99. The van der Waals surface area contributed by atoms with Crippen molar-refractivity contribution < 1.29 is 4.79 Å². The molecule has 1 saturated carbocycles. The van der Waals surface area contributed by atoms with E-state index in [-0.39, 0.29) is 11.8 Å². The van der Waals surface area contributed by atoms with E-state index < -0.39 is 0 Å². The van der Waals surface area contributed by atoms with E-state index >= 15 is 0 Å². The van der Waals surface area contributed by atoms with Crippen LogP contribution in [0.4, 0.5) is 5.82 Å². The van der Waals surface area contributed by atoms with E-state index in [4.69, 9.17) is 0 Å². The minimum atomic E-state index is 0.102. The highest BCUT2D eigenvalue weighted by Crippen LogP contribution is 2.38. The zero-order valence-corrected chi connectivity index (χ0v) is 9.89. The Hall–Kier alpha value is -1.65. The van der Waals surface area contributed by atoms with Gasteiger partial charge in [0.2, 0.25) is 5.91 Å². The number of nitrogens with one attached hydrogen (secondary N) is 1. The molecule has 1 amide bonds. The topological polar surface area (TPSA) is 58.1 Å². The maximum atomic E-state index is 11.3. The van der Waals surface area contributed by atoms with Gasteiger partial charge in [-0.15, -0.1) is 5.10 Å². The molecule has 0 atom stereocenters. The average molecular weight is 232 g/mol. The van der Waals surface area contributed by atoms with Crippen molar-refractivity contribution in [2.75, 3.05) is 25.0 Å². The number of carbonyl (C=O) groups is 1. The van der Waals surface area contributed by atoms with Gasteiger partial charge in [-0.1, -0.05) is 0 Å². The van der Waals surface area contributed by atoms with Crippen LogP contribution < -0.4 is 10.2 Å². The normalized spacial score (nSPS) is 19.9. The standard InChI is InChI=1S/C12H16N4O/c1-13-12(17)9-6-16(7-9)11-5-4-10(14-15-11)8-2-3-8/h4-5,8-9H,2-3,6-7H2,1H3,(H,13,17). The molecule has 0 radical (unpaired) electrons. The molecule has 5 nitrogen and oxygen atoms in total. The first-order chi connectivity index (χ1) is 8.28. The first-order valence-electron chi connectivity index (χ1n) is 6.08. The SMILES string of the molecule is CNC(=O)C1CN(c2ccc(C3CC3)nn2)C1. The van der Waals surface area contributed by atoms with Crippen molar-refractivity contribution in [3.63, 3.8) is 0 Å². The van der Waals surface area contributed by atoms with Crippen LogP contribution >= 0.6 is 0 Å². The predicted molar refractivity (Wildman–Crippen MR) is 63.8 cm³/mol. The molecule has 2 heterocycles. The number of carbonyl (C=O) groups excluding carboxylic acids is 1. The van der Waals surface area contributed by atoms with Gasteiger partial charge in [0.1, 0.15) is 0 Å². The average Bonchev–Trinajstić information content (AvgIpc) is 3.11. The van der Waals surface area contributed by atoms with E-state index in [2.05, 4.69) is 26.5 Å². The molecule has 0 aromatic carbocycles. The lowest BCUT2D eigenvalue weighted by Crippen LogP contribution is -2.53. The summed E-state index contributed by atoms with van der Waals surface area (Å²) in [5, 5.41) is 11.1. The fourth-order valence-electron chi connectivity index (χ4n) is 2.14. The van der Waals surface area contributed by atoms with E-state index in [9.17, 15) is 4.79 Å². The van der Waals surface area contributed by atoms with Crippen LogP contribution in [0.3, 0.4) is 0 Å². The van der Waals surface area contributed by atoms with Crippen LogP contribution in [0, 0.1) is 5.92 Å². The molecule has 1 aromatic rings. The summed E-state index contributed by atoms with van der Waals surface area (Å²) in [5.74, 6) is 1.75. The fourth-order valence-corrected chi connectivity index (χ4v) is 2.14. The van der Waals surface area contributed by atoms with E-state index in [1.807, 2.05) is 6.07 Å². The number of amides is 1. The van der Waals surface area contributed by atoms with Crippen LogP contribution in [0.2, 0.25) is 0 Å². The third-order valence-electron chi connectivity index (χ3n) is 3.49. The summed E-state index contributed by atoms with van der Waals surface area (Å²) in [6.45, 7) is 1.49. The smallest absolute Gasteiger partial charge is 0.226 e. The van der Waals surface area contributed by atoms with Crippen molar-refractivity contribution in [3.05, 3.63) is 17.8 Å². The molecule has 2 fully saturated rings. The molecule has 1 saturated heterocycles. The Balaban J connectivity index is 1.60. The van der Waals surface area contributed by atoms with Gasteiger partial charge in [-0.05, 0) is 25.0 Å². The van der Waals surface area contributed by atoms with Crippen molar-refractivity contribution in [2.24, 2.45) is 5.92 Å². The number of aromatic nitrogens is 2. The maximum absolute atomic E-state index is 11.3. The number of nitrogens with zero attached hydrogens (tertiary/aromatic N) is 3. The maximum Gasteiger partial charge on any atom is 0.226 e. The van der Waals surface area contributed by atoms with Gasteiger partial charge in [-0.2, -0.15) is 5.10 Å². The minimum absolute atomic E-state index is 0.102. The van der Waals surface area contributed by atoms with Crippen LogP contribution in [0.1, 0.15) is 24.5 Å². The molecule has 0 spiro atoms. The Bertz CT molecular complexity index is 421. The highest BCUT2D eigenvalue weighted by atomic mass is 16.1. The summed E-state index contributed by atoms with van der Waals surface area (Å²) in [5.41, 5.74) is 1.11. The zero-order valence-electron chi connectivity index (χ0n) is 9.89. The molecule has 1 aromatic heterocycles. The van der Waals surface area contributed by atoms with Gasteiger partial charge in [0.15, 0.2) is 5.82 Å².